The fourth-order valence-electron chi connectivity index (χ4n) is 2.56. The average Bonchev–Trinajstić information content (AvgIpc) is 2.41. The summed E-state index contributed by atoms with van der Waals surface area (Å²) in [6, 6.07) is 10.3. The van der Waals surface area contributed by atoms with Gasteiger partial charge in [0, 0.05) is 19.1 Å². The van der Waals surface area contributed by atoms with E-state index in [1.165, 1.54) is 5.56 Å². The molecule has 1 saturated heterocycles. The number of carboxylic acids is 1. The monoisotopic (exact) mass is 263 g/mol. The molecule has 1 aliphatic rings. The molecule has 0 aromatic heterocycles. The van der Waals surface area contributed by atoms with E-state index in [1.807, 2.05) is 18.2 Å². The van der Waals surface area contributed by atoms with Crippen LogP contribution in [0.2, 0.25) is 0 Å². The van der Waals surface area contributed by atoms with Gasteiger partial charge in [-0.2, -0.15) is 0 Å². The number of benzene rings is 1. The lowest BCUT2D eigenvalue weighted by atomic mass is 9.99. The Morgan fingerprint density at radius 2 is 2.21 bits per heavy atom. The van der Waals surface area contributed by atoms with Crippen molar-refractivity contribution in [3.8, 4) is 0 Å². The number of nitrogens with zero attached hydrogens (tertiary/aromatic N) is 1. The molecule has 0 spiro atoms. The molecule has 0 saturated carbocycles. The zero-order valence-corrected chi connectivity index (χ0v) is 11.3. The van der Waals surface area contributed by atoms with E-state index >= 15 is 0 Å². The van der Waals surface area contributed by atoms with Crippen LogP contribution in [0.15, 0.2) is 30.3 Å². The summed E-state index contributed by atoms with van der Waals surface area (Å²) in [5, 5.41) is 8.95. The van der Waals surface area contributed by atoms with Crippen molar-refractivity contribution in [2.24, 2.45) is 0 Å². The van der Waals surface area contributed by atoms with Crippen LogP contribution in [0.3, 0.4) is 0 Å². The van der Waals surface area contributed by atoms with E-state index in [0.29, 0.717) is 19.1 Å². The summed E-state index contributed by atoms with van der Waals surface area (Å²) in [6.07, 6.45) is 0.154. The molecule has 1 fully saturated rings. The van der Waals surface area contributed by atoms with Crippen LogP contribution in [0.1, 0.15) is 24.8 Å². The Kier molecular flexibility index (Phi) is 4.93. The number of hydrogen-bond acceptors (Lipinski definition) is 3. The normalized spacial score (nSPS) is 22.1. The molecule has 4 nitrogen and oxygen atoms in total. The van der Waals surface area contributed by atoms with Gasteiger partial charge in [-0.1, -0.05) is 37.3 Å². The first-order chi connectivity index (χ1) is 9.16. The zero-order valence-electron chi connectivity index (χ0n) is 11.3. The Morgan fingerprint density at radius 3 is 2.89 bits per heavy atom. The van der Waals surface area contributed by atoms with Gasteiger partial charge in [-0.05, 0) is 11.5 Å². The van der Waals surface area contributed by atoms with E-state index in [2.05, 4.69) is 24.0 Å². The molecule has 0 radical (unpaired) electrons. The van der Waals surface area contributed by atoms with Gasteiger partial charge >= 0.3 is 5.97 Å². The highest BCUT2D eigenvalue weighted by molar-refractivity contribution is 5.67. The smallest absolute Gasteiger partial charge is 0.305 e. The summed E-state index contributed by atoms with van der Waals surface area (Å²) in [6.45, 7) is 5.09. The molecule has 2 atom stereocenters. The molecule has 0 aliphatic carbocycles. The van der Waals surface area contributed by atoms with Crippen molar-refractivity contribution in [1.82, 2.24) is 4.90 Å². The van der Waals surface area contributed by atoms with Gasteiger partial charge in [-0.25, -0.2) is 0 Å². The predicted molar refractivity (Wildman–Crippen MR) is 73.3 cm³/mol. The van der Waals surface area contributed by atoms with Crippen molar-refractivity contribution in [1.29, 1.82) is 0 Å². The van der Waals surface area contributed by atoms with E-state index in [0.717, 1.165) is 13.1 Å². The van der Waals surface area contributed by atoms with Crippen LogP contribution in [0.5, 0.6) is 0 Å². The lowest BCUT2D eigenvalue weighted by molar-refractivity contribution is -0.140. The van der Waals surface area contributed by atoms with Crippen LogP contribution in [-0.4, -0.2) is 48.3 Å². The Bertz CT molecular complexity index is 407. The molecule has 1 aromatic rings. The molecule has 1 aromatic carbocycles. The van der Waals surface area contributed by atoms with Crippen molar-refractivity contribution in [2.45, 2.75) is 25.3 Å². The van der Waals surface area contributed by atoms with Crippen molar-refractivity contribution >= 4 is 5.97 Å². The summed E-state index contributed by atoms with van der Waals surface area (Å²) in [4.78, 5) is 13.1. The van der Waals surface area contributed by atoms with Gasteiger partial charge in [-0.3, -0.25) is 9.69 Å². The molecule has 19 heavy (non-hydrogen) atoms. The van der Waals surface area contributed by atoms with Gasteiger partial charge in [0.2, 0.25) is 0 Å². The number of carbonyl (C=O) groups is 1. The van der Waals surface area contributed by atoms with Crippen LogP contribution in [0, 0.1) is 0 Å². The van der Waals surface area contributed by atoms with Crippen LogP contribution in [0.4, 0.5) is 0 Å². The van der Waals surface area contributed by atoms with Gasteiger partial charge < -0.3 is 9.84 Å². The summed E-state index contributed by atoms with van der Waals surface area (Å²) in [7, 11) is 0. The minimum absolute atomic E-state index is 0.00240. The van der Waals surface area contributed by atoms with E-state index < -0.39 is 5.97 Å². The minimum atomic E-state index is -0.757. The van der Waals surface area contributed by atoms with Crippen molar-refractivity contribution in [3.63, 3.8) is 0 Å². The number of rotatable bonds is 5. The highest BCUT2D eigenvalue weighted by atomic mass is 16.5. The molecule has 1 aliphatic heterocycles. The van der Waals surface area contributed by atoms with Gasteiger partial charge in [0.15, 0.2) is 0 Å². The second-order valence-electron chi connectivity index (χ2n) is 5.13. The maximum atomic E-state index is 10.9. The maximum Gasteiger partial charge on any atom is 0.305 e. The Labute approximate surface area is 114 Å². The Morgan fingerprint density at radius 1 is 1.47 bits per heavy atom. The third-order valence-corrected chi connectivity index (χ3v) is 3.64. The van der Waals surface area contributed by atoms with Gasteiger partial charge in [0.25, 0.3) is 0 Å². The number of carboxylic acid groups (broad SMARTS) is 1. The average molecular weight is 263 g/mol. The summed E-state index contributed by atoms with van der Waals surface area (Å²) < 4.78 is 5.40. The fourth-order valence-corrected chi connectivity index (χ4v) is 2.56. The molecule has 1 N–H and O–H groups in total. The van der Waals surface area contributed by atoms with Crippen LogP contribution in [0.25, 0.3) is 0 Å². The Hall–Kier alpha value is -1.39. The maximum absolute atomic E-state index is 10.9. The molecule has 104 valence electrons. The van der Waals surface area contributed by atoms with Gasteiger partial charge in [0.05, 0.1) is 19.6 Å². The SMILES string of the molecule is CC(CN1CCOCC1CC(=O)O)c1ccccc1. The first-order valence-electron chi connectivity index (χ1n) is 6.75. The fraction of sp³-hybridized carbons (Fsp3) is 0.533. The number of morpholine rings is 1. The Balaban J connectivity index is 1.97. The van der Waals surface area contributed by atoms with Crippen molar-refractivity contribution < 1.29 is 14.6 Å². The van der Waals surface area contributed by atoms with Gasteiger partial charge in [0.1, 0.15) is 0 Å². The van der Waals surface area contributed by atoms with E-state index in [4.69, 9.17) is 9.84 Å². The molecular weight excluding hydrogens is 242 g/mol. The first kappa shape index (κ1) is 14.0. The van der Waals surface area contributed by atoms with E-state index in [1.54, 1.807) is 0 Å². The summed E-state index contributed by atoms with van der Waals surface area (Å²) in [5.41, 5.74) is 1.29. The van der Waals surface area contributed by atoms with Gasteiger partial charge in [-0.15, -0.1) is 0 Å². The van der Waals surface area contributed by atoms with E-state index in [-0.39, 0.29) is 12.5 Å². The molecule has 1 heterocycles. The van der Waals surface area contributed by atoms with Crippen LogP contribution in [-0.2, 0) is 9.53 Å². The number of hydrogen-bond donors (Lipinski definition) is 1. The number of ether oxygens (including phenoxy) is 1. The molecule has 2 rings (SSSR count). The molecular formula is C15H21NO3. The molecule has 4 heteroatoms. The minimum Gasteiger partial charge on any atom is -0.481 e. The molecule has 0 bridgehead atoms. The van der Waals surface area contributed by atoms with Crippen LogP contribution < -0.4 is 0 Å². The second-order valence-corrected chi connectivity index (χ2v) is 5.13. The molecule has 0 amide bonds. The van der Waals surface area contributed by atoms with E-state index in [9.17, 15) is 4.79 Å². The lowest BCUT2D eigenvalue weighted by Gasteiger charge is -2.36. The van der Waals surface area contributed by atoms with Crippen molar-refractivity contribution in [2.75, 3.05) is 26.3 Å². The topological polar surface area (TPSA) is 49.8 Å². The van der Waals surface area contributed by atoms with Crippen molar-refractivity contribution in [3.05, 3.63) is 35.9 Å². The number of aliphatic carboxylic acids is 1. The zero-order chi connectivity index (χ0) is 13.7. The third kappa shape index (κ3) is 4.04. The quantitative estimate of drug-likeness (QED) is 0.882. The largest absolute Gasteiger partial charge is 0.481 e. The van der Waals surface area contributed by atoms with Crippen LogP contribution >= 0.6 is 0 Å². The standard InChI is InChI=1S/C15H21NO3/c1-12(13-5-3-2-4-6-13)10-16-7-8-19-11-14(16)9-15(17)18/h2-6,12,14H,7-11H2,1H3,(H,17,18). The summed E-state index contributed by atoms with van der Waals surface area (Å²) >= 11 is 0. The highest BCUT2D eigenvalue weighted by Crippen LogP contribution is 2.20. The summed E-state index contributed by atoms with van der Waals surface area (Å²) in [5.74, 6) is -0.358. The highest BCUT2D eigenvalue weighted by Gasteiger charge is 2.26. The first-order valence-corrected chi connectivity index (χ1v) is 6.75. The molecule has 2 unspecified atom stereocenters. The lowest BCUT2D eigenvalue weighted by Crippen LogP contribution is -2.47. The third-order valence-electron chi connectivity index (χ3n) is 3.64. The second kappa shape index (κ2) is 6.68. The predicted octanol–water partition coefficient (Wildman–Crippen LogP) is 1.97.